The maximum atomic E-state index is 11.3. The van der Waals surface area contributed by atoms with E-state index in [-0.39, 0.29) is 5.92 Å². The van der Waals surface area contributed by atoms with E-state index in [1.54, 1.807) is 6.92 Å². The molecule has 1 atom stereocenters. The van der Waals surface area contributed by atoms with Crippen LogP contribution >= 0.6 is 0 Å². The van der Waals surface area contributed by atoms with Crippen LogP contribution in [0.25, 0.3) is 0 Å². The molecule has 0 saturated carbocycles. The number of hydrogen-bond acceptors (Lipinski definition) is 1. The summed E-state index contributed by atoms with van der Waals surface area (Å²) in [5.74, 6) is 0.504. The van der Waals surface area contributed by atoms with Crippen molar-refractivity contribution in [2.75, 3.05) is 0 Å². The molecule has 15 heavy (non-hydrogen) atoms. The molecule has 0 radical (unpaired) electrons. The van der Waals surface area contributed by atoms with Gasteiger partial charge in [0.25, 0.3) is 0 Å². The van der Waals surface area contributed by atoms with E-state index in [0.29, 0.717) is 11.2 Å². The zero-order chi connectivity index (χ0) is 11.6. The molecule has 1 heteroatoms. The molecule has 1 nitrogen and oxygen atoms in total. The number of carbonyl (C=O) groups excluding carboxylic acids is 1. The molecule has 0 aromatic heterocycles. The van der Waals surface area contributed by atoms with Crippen LogP contribution in [0.2, 0.25) is 0 Å². The minimum atomic E-state index is 0.187. The number of allylic oxidation sites excluding steroid dienone is 2. The Hall–Kier alpha value is -0.590. The highest BCUT2D eigenvalue weighted by atomic mass is 16.1. The SMILES string of the molecule is CC(=O)C(C)CC1=C(C)CCCC1(C)C. The molecule has 1 rings (SSSR count). The highest BCUT2D eigenvalue weighted by Gasteiger charge is 2.29. The molecule has 0 bridgehead atoms. The first-order valence-electron chi connectivity index (χ1n) is 6.04. The molecule has 0 N–H and O–H groups in total. The third-order valence-electron chi connectivity index (χ3n) is 3.89. The van der Waals surface area contributed by atoms with E-state index in [4.69, 9.17) is 0 Å². The summed E-state index contributed by atoms with van der Waals surface area (Å²) < 4.78 is 0. The van der Waals surface area contributed by atoms with E-state index in [0.717, 1.165) is 6.42 Å². The number of Topliss-reactive ketones (excluding diaryl/α,β-unsaturated/α-hetero) is 1. The smallest absolute Gasteiger partial charge is 0.132 e. The van der Waals surface area contributed by atoms with Gasteiger partial charge < -0.3 is 0 Å². The second kappa shape index (κ2) is 4.51. The lowest BCUT2D eigenvalue weighted by molar-refractivity contribution is -0.120. The standard InChI is InChI=1S/C14H24O/c1-10-7-6-8-14(4,5)13(10)9-11(2)12(3)15/h11H,6-9H2,1-5H3. The van der Waals surface area contributed by atoms with Crippen LogP contribution in [-0.4, -0.2) is 5.78 Å². The summed E-state index contributed by atoms with van der Waals surface area (Å²) in [7, 11) is 0. The van der Waals surface area contributed by atoms with Gasteiger partial charge in [-0.2, -0.15) is 0 Å². The normalized spacial score (nSPS) is 22.7. The molecule has 0 aromatic rings. The van der Waals surface area contributed by atoms with Crippen LogP contribution in [0.4, 0.5) is 0 Å². The van der Waals surface area contributed by atoms with Gasteiger partial charge >= 0.3 is 0 Å². The Balaban J connectivity index is 2.85. The average Bonchev–Trinajstić information content (AvgIpc) is 2.10. The molecule has 0 saturated heterocycles. The summed E-state index contributed by atoms with van der Waals surface area (Å²) in [6.45, 7) is 10.6. The summed E-state index contributed by atoms with van der Waals surface area (Å²) in [6, 6.07) is 0. The Labute approximate surface area is 93.9 Å². The Morgan fingerprint density at radius 1 is 1.47 bits per heavy atom. The van der Waals surface area contributed by atoms with Crippen LogP contribution in [0.15, 0.2) is 11.1 Å². The van der Waals surface area contributed by atoms with E-state index in [1.807, 2.05) is 6.92 Å². The topological polar surface area (TPSA) is 17.1 Å². The van der Waals surface area contributed by atoms with E-state index >= 15 is 0 Å². The van der Waals surface area contributed by atoms with Crippen molar-refractivity contribution in [3.63, 3.8) is 0 Å². The fourth-order valence-corrected chi connectivity index (χ4v) is 2.58. The fraction of sp³-hybridized carbons (Fsp3) is 0.786. The molecule has 0 fully saturated rings. The summed E-state index contributed by atoms with van der Waals surface area (Å²) >= 11 is 0. The van der Waals surface area contributed by atoms with Gasteiger partial charge in [-0.05, 0) is 44.9 Å². The number of hydrogen-bond donors (Lipinski definition) is 0. The molecule has 1 aliphatic carbocycles. The van der Waals surface area contributed by atoms with Gasteiger partial charge in [-0.15, -0.1) is 0 Å². The highest BCUT2D eigenvalue weighted by Crippen LogP contribution is 2.42. The lowest BCUT2D eigenvalue weighted by Crippen LogP contribution is -2.23. The van der Waals surface area contributed by atoms with E-state index in [2.05, 4.69) is 20.8 Å². The summed E-state index contributed by atoms with van der Waals surface area (Å²) in [6.07, 6.45) is 4.76. The first-order valence-corrected chi connectivity index (χ1v) is 6.04. The number of ketones is 1. The largest absolute Gasteiger partial charge is 0.300 e. The summed E-state index contributed by atoms with van der Waals surface area (Å²) in [4.78, 5) is 11.3. The Morgan fingerprint density at radius 2 is 2.07 bits per heavy atom. The molecular formula is C14H24O. The lowest BCUT2D eigenvalue weighted by atomic mass is 9.70. The Kier molecular flexibility index (Phi) is 3.75. The third kappa shape index (κ3) is 2.93. The van der Waals surface area contributed by atoms with Crippen molar-refractivity contribution in [2.45, 2.75) is 60.3 Å². The number of carbonyl (C=O) groups is 1. The molecule has 0 spiro atoms. The van der Waals surface area contributed by atoms with Crippen molar-refractivity contribution in [3.05, 3.63) is 11.1 Å². The van der Waals surface area contributed by atoms with Gasteiger partial charge in [-0.1, -0.05) is 31.9 Å². The molecule has 1 unspecified atom stereocenters. The monoisotopic (exact) mass is 208 g/mol. The minimum Gasteiger partial charge on any atom is -0.300 e. The predicted molar refractivity (Wildman–Crippen MR) is 64.8 cm³/mol. The Morgan fingerprint density at radius 3 is 2.53 bits per heavy atom. The quantitative estimate of drug-likeness (QED) is 0.637. The predicted octanol–water partition coefficient (Wildman–Crippen LogP) is 4.13. The first kappa shape index (κ1) is 12.5. The Bertz CT molecular complexity index is 284. The second-order valence-corrected chi connectivity index (χ2v) is 5.71. The maximum absolute atomic E-state index is 11.3. The average molecular weight is 208 g/mol. The van der Waals surface area contributed by atoms with Crippen molar-refractivity contribution in [2.24, 2.45) is 11.3 Å². The molecule has 0 aliphatic heterocycles. The van der Waals surface area contributed by atoms with Gasteiger partial charge in [0.2, 0.25) is 0 Å². The van der Waals surface area contributed by atoms with Gasteiger partial charge in [-0.3, -0.25) is 4.79 Å². The van der Waals surface area contributed by atoms with Crippen LogP contribution in [0.1, 0.15) is 60.3 Å². The van der Waals surface area contributed by atoms with Crippen LogP contribution < -0.4 is 0 Å². The van der Waals surface area contributed by atoms with Gasteiger partial charge in [0, 0.05) is 5.92 Å². The molecule has 0 amide bonds. The van der Waals surface area contributed by atoms with Crippen LogP contribution in [0, 0.1) is 11.3 Å². The highest BCUT2D eigenvalue weighted by molar-refractivity contribution is 5.78. The molecule has 0 aromatic carbocycles. The van der Waals surface area contributed by atoms with Gasteiger partial charge in [0.15, 0.2) is 0 Å². The summed E-state index contributed by atoms with van der Waals surface area (Å²) in [5, 5.41) is 0. The van der Waals surface area contributed by atoms with Gasteiger partial charge in [0.1, 0.15) is 5.78 Å². The zero-order valence-electron chi connectivity index (χ0n) is 10.8. The maximum Gasteiger partial charge on any atom is 0.132 e. The van der Waals surface area contributed by atoms with Crippen molar-refractivity contribution in [1.82, 2.24) is 0 Å². The van der Waals surface area contributed by atoms with Crippen molar-refractivity contribution in [1.29, 1.82) is 0 Å². The van der Waals surface area contributed by atoms with E-state index in [1.165, 1.54) is 30.4 Å². The van der Waals surface area contributed by atoms with E-state index in [9.17, 15) is 4.79 Å². The van der Waals surface area contributed by atoms with Crippen LogP contribution in [0.5, 0.6) is 0 Å². The second-order valence-electron chi connectivity index (χ2n) is 5.71. The summed E-state index contributed by atoms with van der Waals surface area (Å²) in [5.41, 5.74) is 3.38. The van der Waals surface area contributed by atoms with Gasteiger partial charge in [0.05, 0.1) is 0 Å². The fourth-order valence-electron chi connectivity index (χ4n) is 2.58. The molecular weight excluding hydrogens is 184 g/mol. The van der Waals surface area contributed by atoms with Gasteiger partial charge in [-0.25, -0.2) is 0 Å². The lowest BCUT2D eigenvalue weighted by Gasteiger charge is -2.35. The molecule has 0 heterocycles. The minimum absolute atomic E-state index is 0.187. The first-order chi connectivity index (χ1) is 6.84. The van der Waals surface area contributed by atoms with E-state index < -0.39 is 0 Å². The van der Waals surface area contributed by atoms with Crippen LogP contribution in [0.3, 0.4) is 0 Å². The molecule has 1 aliphatic rings. The van der Waals surface area contributed by atoms with Crippen molar-refractivity contribution >= 4 is 5.78 Å². The molecule has 86 valence electrons. The number of rotatable bonds is 3. The van der Waals surface area contributed by atoms with Crippen molar-refractivity contribution < 1.29 is 4.79 Å². The zero-order valence-corrected chi connectivity index (χ0v) is 10.8. The third-order valence-corrected chi connectivity index (χ3v) is 3.89. The van der Waals surface area contributed by atoms with Crippen molar-refractivity contribution in [3.8, 4) is 0 Å². The van der Waals surface area contributed by atoms with Crippen LogP contribution in [-0.2, 0) is 4.79 Å².